The lowest BCUT2D eigenvalue weighted by molar-refractivity contribution is -0.140. The van der Waals surface area contributed by atoms with Gasteiger partial charge in [-0.25, -0.2) is 0 Å². The van der Waals surface area contributed by atoms with Crippen LogP contribution in [0.1, 0.15) is 20.3 Å². The molecule has 0 N–H and O–H groups in total. The van der Waals surface area contributed by atoms with Gasteiger partial charge in [-0.15, -0.1) is 0 Å². The summed E-state index contributed by atoms with van der Waals surface area (Å²) in [4.78, 5) is 13.8. The van der Waals surface area contributed by atoms with Crippen LogP contribution >= 0.6 is 0 Å². The van der Waals surface area contributed by atoms with Crippen LogP contribution in [0.2, 0.25) is 0 Å². The summed E-state index contributed by atoms with van der Waals surface area (Å²) in [7, 11) is 0. The van der Waals surface area contributed by atoms with E-state index in [0.29, 0.717) is 32.1 Å². The molecule has 0 saturated carbocycles. The predicted molar refractivity (Wildman–Crippen MR) is 79.7 cm³/mol. The van der Waals surface area contributed by atoms with E-state index in [0.717, 1.165) is 12.2 Å². The second-order valence-electron chi connectivity index (χ2n) is 5.13. The highest BCUT2D eigenvalue weighted by atomic mass is 16.5. The largest absolute Gasteiger partial charge is 0.494 e. The van der Waals surface area contributed by atoms with Crippen molar-refractivity contribution in [1.82, 2.24) is 4.90 Å². The third-order valence-corrected chi connectivity index (χ3v) is 3.25. The lowest BCUT2D eigenvalue weighted by atomic mass is 10.3. The van der Waals surface area contributed by atoms with E-state index in [1.54, 1.807) is 4.90 Å². The molecule has 1 aliphatic rings. The Bertz CT molecular complexity index is 446. The van der Waals surface area contributed by atoms with Gasteiger partial charge in [0.05, 0.1) is 19.3 Å². The molecule has 0 radical (unpaired) electrons. The first-order valence-electron chi connectivity index (χ1n) is 7.44. The summed E-state index contributed by atoms with van der Waals surface area (Å²) in [6.07, 6.45) is 1.07. The molecular formula is C16H23NO4. The highest BCUT2D eigenvalue weighted by Gasteiger charge is 2.21. The maximum absolute atomic E-state index is 12.0. The fourth-order valence-electron chi connectivity index (χ4n) is 2.13. The van der Waals surface area contributed by atoms with Crippen molar-refractivity contribution in [3.63, 3.8) is 0 Å². The number of hydrogen-bond acceptors (Lipinski definition) is 4. The molecule has 0 aliphatic carbocycles. The minimum absolute atomic E-state index is 0.00328. The molecule has 1 unspecified atom stereocenters. The van der Waals surface area contributed by atoms with Crippen molar-refractivity contribution in [3.8, 4) is 11.5 Å². The van der Waals surface area contributed by atoms with Crippen LogP contribution in [-0.2, 0) is 9.53 Å². The third-order valence-electron chi connectivity index (χ3n) is 3.25. The van der Waals surface area contributed by atoms with Gasteiger partial charge in [-0.05, 0) is 37.6 Å². The number of rotatable bonds is 6. The molecule has 21 heavy (non-hydrogen) atoms. The van der Waals surface area contributed by atoms with Crippen LogP contribution in [0.25, 0.3) is 0 Å². The highest BCUT2D eigenvalue weighted by molar-refractivity contribution is 5.77. The summed E-state index contributed by atoms with van der Waals surface area (Å²) in [5.41, 5.74) is 0. The minimum Gasteiger partial charge on any atom is -0.494 e. The first-order chi connectivity index (χ1) is 10.2. The summed E-state index contributed by atoms with van der Waals surface area (Å²) >= 11 is 0. The number of morpholine rings is 1. The van der Waals surface area contributed by atoms with E-state index in [1.807, 2.05) is 31.2 Å². The van der Waals surface area contributed by atoms with Crippen LogP contribution in [0.4, 0.5) is 0 Å². The zero-order chi connectivity index (χ0) is 15.1. The summed E-state index contributed by atoms with van der Waals surface area (Å²) in [5, 5.41) is 0. The maximum Gasteiger partial charge on any atom is 0.260 e. The van der Waals surface area contributed by atoms with E-state index in [1.165, 1.54) is 0 Å². The Balaban J connectivity index is 1.78. The van der Waals surface area contributed by atoms with E-state index in [2.05, 4.69) is 6.92 Å². The molecule has 1 heterocycles. The molecule has 116 valence electrons. The Hall–Kier alpha value is -1.75. The molecule has 1 fully saturated rings. The number of ether oxygens (including phenoxy) is 3. The molecule has 0 bridgehead atoms. The van der Waals surface area contributed by atoms with Crippen LogP contribution in [0.15, 0.2) is 24.3 Å². The topological polar surface area (TPSA) is 48.0 Å². The number of carbonyl (C=O) groups is 1. The first-order valence-corrected chi connectivity index (χ1v) is 7.44. The Morgan fingerprint density at radius 2 is 1.95 bits per heavy atom. The van der Waals surface area contributed by atoms with Gasteiger partial charge in [0.25, 0.3) is 5.91 Å². The van der Waals surface area contributed by atoms with Crippen molar-refractivity contribution in [2.45, 2.75) is 26.4 Å². The van der Waals surface area contributed by atoms with E-state index in [9.17, 15) is 4.79 Å². The molecule has 1 amide bonds. The second-order valence-corrected chi connectivity index (χ2v) is 5.13. The highest BCUT2D eigenvalue weighted by Crippen LogP contribution is 2.18. The second kappa shape index (κ2) is 7.88. The van der Waals surface area contributed by atoms with Crippen molar-refractivity contribution in [2.24, 2.45) is 0 Å². The summed E-state index contributed by atoms with van der Waals surface area (Å²) in [6.45, 7) is 6.65. The van der Waals surface area contributed by atoms with Gasteiger partial charge < -0.3 is 19.1 Å². The van der Waals surface area contributed by atoms with Crippen molar-refractivity contribution in [2.75, 3.05) is 32.9 Å². The van der Waals surface area contributed by atoms with E-state index in [-0.39, 0.29) is 18.6 Å². The van der Waals surface area contributed by atoms with E-state index < -0.39 is 0 Å². The van der Waals surface area contributed by atoms with Crippen LogP contribution < -0.4 is 9.47 Å². The Morgan fingerprint density at radius 3 is 2.57 bits per heavy atom. The minimum atomic E-state index is -0.00328. The first kappa shape index (κ1) is 15.6. The average molecular weight is 293 g/mol. The van der Waals surface area contributed by atoms with Gasteiger partial charge >= 0.3 is 0 Å². The van der Waals surface area contributed by atoms with E-state index >= 15 is 0 Å². The quantitative estimate of drug-likeness (QED) is 0.806. The number of carbonyl (C=O) groups excluding carboxylic acids is 1. The monoisotopic (exact) mass is 293 g/mol. The van der Waals surface area contributed by atoms with Crippen molar-refractivity contribution < 1.29 is 19.0 Å². The van der Waals surface area contributed by atoms with Crippen molar-refractivity contribution in [1.29, 1.82) is 0 Å². The number of benzene rings is 1. The van der Waals surface area contributed by atoms with Gasteiger partial charge in [0.15, 0.2) is 6.61 Å². The SMILES string of the molecule is CCCOc1ccc(OCC(=O)N2CCOC(C)C2)cc1. The average Bonchev–Trinajstić information content (AvgIpc) is 2.51. The predicted octanol–water partition coefficient (Wildman–Crippen LogP) is 2.10. The molecule has 0 aromatic heterocycles. The molecule has 5 heteroatoms. The molecule has 5 nitrogen and oxygen atoms in total. The summed E-state index contributed by atoms with van der Waals surface area (Å²) < 4.78 is 16.4. The Labute approximate surface area is 125 Å². The lowest BCUT2D eigenvalue weighted by Gasteiger charge is -2.31. The molecular weight excluding hydrogens is 270 g/mol. The summed E-state index contributed by atoms with van der Waals surface area (Å²) in [6, 6.07) is 7.35. The molecule has 2 rings (SSSR count). The Kier molecular flexibility index (Phi) is 5.87. The number of amides is 1. The molecule has 1 saturated heterocycles. The normalized spacial score (nSPS) is 18.4. The molecule has 1 atom stereocenters. The fraction of sp³-hybridized carbons (Fsp3) is 0.562. The molecule has 0 spiro atoms. The number of hydrogen-bond donors (Lipinski definition) is 0. The van der Waals surface area contributed by atoms with Crippen molar-refractivity contribution in [3.05, 3.63) is 24.3 Å². The van der Waals surface area contributed by atoms with Gasteiger partial charge in [0, 0.05) is 13.1 Å². The van der Waals surface area contributed by atoms with Gasteiger partial charge in [-0.1, -0.05) is 6.92 Å². The van der Waals surface area contributed by atoms with Crippen LogP contribution in [-0.4, -0.2) is 49.8 Å². The zero-order valence-corrected chi connectivity index (χ0v) is 12.7. The fourth-order valence-corrected chi connectivity index (χ4v) is 2.13. The zero-order valence-electron chi connectivity index (χ0n) is 12.7. The Morgan fingerprint density at radius 1 is 1.29 bits per heavy atom. The van der Waals surface area contributed by atoms with E-state index in [4.69, 9.17) is 14.2 Å². The summed E-state index contributed by atoms with van der Waals surface area (Å²) in [5.74, 6) is 1.49. The van der Waals surface area contributed by atoms with Gasteiger partial charge in [-0.2, -0.15) is 0 Å². The standard InChI is InChI=1S/C16H23NO4/c1-3-9-20-14-4-6-15(7-5-14)21-12-16(18)17-8-10-19-13(2)11-17/h4-7,13H,3,8-12H2,1-2H3. The molecule has 1 aliphatic heterocycles. The maximum atomic E-state index is 12.0. The van der Waals surface area contributed by atoms with Gasteiger partial charge in [0.1, 0.15) is 11.5 Å². The third kappa shape index (κ3) is 4.93. The lowest BCUT2D eigenvalue weighted by Crippen LogP contribution is -2.46. The van der Waals surface area contributed by atoms with Crippen LogP contribution in [0.5, 0.6) is 11.5 Å². The van der Waals surface area contributed by atoms with Gasteiger partial charge in [0.2, 0.25) is 0 Å². The molecule has 1 aromatic rings. The smallest absolute Gasteiger partial charge is 0.260 e. The van der Waals surface area contributed by atoms with Crippen LogP contribution in [0.3, 0.4) is 0 Å². The number of nitrogens with zero attached hydrogens (tertiary/aromatic N) is 1. The van der Waals surface area contributed by atoms with Gasteiger partial charge in [-0.3, -0.25) is 4.79 Å². The van der Waals surface area contributed by atoms with Crippen molar-refractivity contribution >= 4 is 5.91 Å². The van der Waals surface area contributed by atoms with Crippen LogP contribution in [0, 0.1) is 0 Å². The molecule has 1 aromatic carbocycles.